The number of aromatic amines is 2. The molecule has 0 aliphatic carbocycles. The molecule has 2 aliphatic rings. The molecule has 0 saturated heterocycles. The van der Waals surface area contributed by atoms with Crippen LogP contribution in [0, 0.1) is 11.6 Å². The monoisotopic (exact) mass is 1120 g/mol. The normalized spacial score (nSPS) is 13.7. The summed E-state index contributed by atoms with van der Waals surface area (Å²) >= 11 is 0. The molecule has 414 valence electrons. The molecule has 0 bridgehead atoms. The molecule has 8 aromatic rings. The van der Waals surface area contributed by atoms with Gasteiger partial charge in [0.05, 0.1) is 54.5 Å². The highest BCUT2D eigenvalue weighted by Crippen LogP contribution is 2.45. The number of aldehydes is 1. The van der Waals surface area contributed by atoms with E-state index in [2.05, 4.69) is 25.4 Å². The van der Waals surface area contributed by atoms with E-state index in [1.54, 1.807) is 67.6 Å². The van der Waals surface area contributed by atoms with Crippen LogP contribution in [-0.4, -0.2) is 88.9 Å². The number of aliphatic imine (C=N–C) groups is 1. The molecule has 0 spiro atoms. The number of nitrogens with one attached hydrogen (secondary N) is 2. The molecule has 4 heterocycles. The summed E-state index contributed by atoms with van der Waals surface area (Å²) in [6.45, 7) is -1.31. The minimum Gasteiger partial charge on any atom is -0.460 e. The SMILES string of the molecule is CCOC(=O)C(=O)CC(=O)c1cc(Oc2ccccc2)cc2[nH]c(=O)oc12.NCC(F)(F)F.O=C1C2=C(C(c3cc(Oc4ccccc4)cc4[nH]c(=O)oc34)=NC2)C(c2ccc(F)cc2)N1CC(F)(F)F.O=Cc1ccc(F)cc1. The number of esters is 1. The van der Waals surface area contributed by atoms with Crippen LogP contribution >= 0.6 is 0 Å². The Labute approximate surface area is 444 Å². The molecule has 4 N–H and O–H groups in total. The fourth-order valence-corrected chi connectivity index (χ4v) is 7.86. The van der Waals surface area contributed by atoms with E-state index in [9.17, 15) is 68.7 Å². The Balaban J connectivity index is 0.000000190. The topological polar surface area (TPSA) is 247 Å². The number of amides is 1. The summed E-state index contributed by atoms with van der Waals surface area (Å²) in [5.41, 5.74) is 6.34. The van der Waals surface area contributed by atoms with Crippen LogP contribution in [-0.2, 0) is 19.1 Å². The number of aromatic nitrogens is 2. The zero-order valence-corrected chi connectivity index (χ0v) is 41.3. The molecule has 25 heteroatoms. The van der Waals surface area contributed by atoms with Crippen molar-refractivity contribution >= 4 is 57.6 Å². The van der Waals surface area contributed by atoms with Crippen molar-refractivity contribution in [3.05, 3.63) is 200 Å². The fraction of sp³-hybridized carbons (Fsp3) is 0.164. The van der Waals surface area contributed by atoms with E-state index < -0.39 is 78.7 Å². The Morgan fingerprint density at radius 1 is 0.713 bits per heavy atom. The maximum absolute atomic E-state index is 13.7. The number of H-pyrrole nitrogens is 2. The molecule has 1 unspecified atom stereocenters. The van der Waals surface area contributed by atoms with Crippen molar-refractivity contribution in [2.24, 2.45) is 10.7 Å². The number of ketones is 2. The first-order valence-corrected chi connectivity index (χ1v) is 23.5. The first-order chi connectivity index (χ1) is 38.0. The minimum atomic E-state index is -4.67. The molecule has 6 aromatic carbocycles. The standard InChI is InChI=1S/C27H17F4N3O4.C19H15NO7.C7H5FO.C2H4F3N/c28-15-8-6-14(7-9-15)23-21-19(25(35)34(23)13-27(29,30)31)12-32-22(21)18-10-17(37-16-4-2-1-3-5-16)11-20-24(18)38-26(36)33-20;1-2-25-18(23)16(22)10-15(21)13-8-12(26-11-6-4-3-5-7-11)9-14-17(13)27-19(24)20-14;8-7-3-1-6(5-9)2-4-7;3-2(4,5)1-6/h1-11,23H,12-13H2,(H,33,36);3-9H,2,10H2,1H3,(H,20,24);1-5H;1,6H2. The number of ether oxygens (including phenoxy) is 3. The molecule has 2 aromatic heterocycles. The lowest BCUT2D eigenvalue weighted by Crippen LogP contribution is -2.39. The minimum absolute atomic E-state index is 0.0120. The van der Waals surface area contributed by atoms with Gasteiger partial charge in [-0.3, -0.25) is 34.1 Å². The van der Waals surface area contributed by atoms with Crippen molar-refractivity contribution in [3.8, 4) is 23.0 Å². The summed E-state index contributed by atoms with van der Waals surface area (Å²) in [6, 6.07) is 32.7. The van der Waals surface area contributed by atoms with Crippen LogP contribution < -0.4 is 26.7 Å². The second-order valence-electron chi connectivity index (χ2n) is 16.8. The molecule has 1 amide bonds. The Morgan fingerprint density at radius 3 is 1.74 bits per heavy atom. The van der Waals surface area contributed by atoms with Crippen LogP contribution in [0.2, 0.25) is 0 Å². The maximum atomic E-state index is 13.7. The summed E-state index contributed by atoms with van der Waals surface area (Å²) in [7, 11) is 0. The van der Waals surface area contributed by atoms with Crippen LogP contribution in [0.4, 0.5) is 35.1 Å². The largest absolute Gasteiger partial charge is 0.460 e. The van der Waals surface area contributed by atoms with Gasteiger partial charge in [-0.2, -0.15) is 26.3 Å². The first-order valence-electron chi connectivity index (χ1n) is 23.5. The third-order valence-corrected chi connectivity index (χ3v) is 11.2. The van der Waals surface area contributed by atoms with Crippen molar-refractivity contribution in [2.75, 3.05) is 26.2 Å². The van der Waals surface area contributed by atoms with Gasteiger partial charge in [0.15, 0.2) is 16.9 Å². The quantitative estimate of drug-likeness (QED) is 0.0243. The average molecular weight is 1120 g/mol. The lowest BCUT2D eigenvalue weighted by atomic mass is 9.91. The van der Waals surface area contributed by atoms with E-state index in [1.807, 2.05) is 12.1 Å². The van der Waals surface area contributed by atoms with Crippen LogP contribution in [0.5, 0.6) is 23.0 Å². The van der Waals surface area contributed by atoms with E-state index in [1.165, 1.54) is 48.5 Å². The lowest BCUT2D eigenvalue weighted by molar-refractivity contribution is -0.160. The highest BCUT2D eigenvalue weighted by atomic mass is 19.4. The number of hydrogen-bond donors (Lipinski definition) is 3. The number of carbonyl (C=O) groups is 5. The molecule has 0 saturated carbocycles. The molecule has 0 radical (unpaired) electrons. The molecule has 0 fully saturated rings. The smallest absolute Gasteiger partial charge is 0.417 e. The van der Waals surface area contributed by atoms with Gasteiger partial charge in [0.25, 0.3) is 5.91 Å². The number of alkyl halides is 6. The van der Waals surface area contributed by atoms with E-state index in [0.29, 0.717) is 34.0 Å². The lowest BCUT2D eigenvalue weighted by Gasteiger charge is -2.29. The Morgan fingerprint density at radius 2 is 1.23 bits per heavy atom. The van der Waals surface area contributed by atoms with Gasteiger partial charge in [0.2, 0.25) is 5.78 Å². The van der Waals surface area contributed by atoms with Crippen LogP contribution in [0.25, 0.3) is 22.2 Å². The van der Waals surface area contributed by atoms with Crippen molar-refractivity contribution in [3.63, 3.8) is 0 Å². The maximum Gasteiger partial charge on any atom is 0.417 e. The molecular formula is C55H41F8N5O12. The van der Waals surface area contributed by atoms with Crippen molar-refractivity contribution in [1.82, 2.24) is 14.9 Å². The number of rotatable bonds is 13. The summed E-state index contributed by atoms with van der Waals surface area (Å²) in [5, 5.41) is 0. The third kappa shape index (κ3) is 14.8. The summed E-state index contributed by atoms with van der Waals surface area (Å²) < 4.78 is 125. The molecule has 17 nitrogen and oxygen atoms in total. The van der Waals surface area contributed by atoms with E-state index in [4.69, 9.17) is 18.3 Å². The van der Waals surface area contributed by atoms with Gasteiger partial charge in [0.1, 0.15) is 47.5 Å². The number of fused-ring (bicyclic) bond motifs is 2. The van der Waals surface area contributed by atoms with Gasteiger partial charge in [-0.1, -0.05) is 48.5 Å². The second kappa shape index (κ2) is 25.1. The van der Waals surface area contributed by atoms with Gasteiger partial charge in [-0.25, -0.2) is 23.2 Å². The van der Waals surface area contributed by atoms with Gasteiger partial charge in [-0.15, -0.1) is 0 Å². The third-order valence-electron chi connectivity index (χ3n) is 11.2. The van der Waals surface area contributed by atoms with Crippen molar-refractivity contribution in [2.45, 2.75) is 31.7 Å². The highest BCUT2D eigenvalue weighted by Gasteiger charge is 2.48. The molecule has 80 heavy (non-hydrogen) atoms. The van der Waals surface area contributed by atoms with Crippen LogP contribution in [0.15, 0.2) is 168 Å². The van der Waals surface area contributed by atoms with Gasteiger partial charge in [-0.05, 0) is 85.3 Å². The summed E-state index contributed by atoms with van der Waals surface area (Å²) in [4.78, 5) is 92.8. The molecule has 10 rings (SSSR count). The Hall–Kier alpha value is -9.78. The number of nitrogens with zero attached hydrogens (tertiary/aromatic N) is 2. The van der Waals surface area contributed by atoms with Gasteiger partial charge < -0.3 is 33.7 Å². The number of hydrogen-bond acceptors (Lipinski definition) is 14. The Bertz CT molecular complexity index is 3740. The number of carbonyl (C=O) groups excluding carboxylic acids is 5. The van der Waals surface area contributed by atoms with Crippen molar-refractivity contribution in [1.29, 1.82) is 0 Å². The fourth-order valence-electron chi connectivity index (χ4n) is 7.86. The predicted molar refractivity (Wildman–Crippen MR) is 270 cm³/mol. The van der Waals surface area contributed by atoms with Gasteiger partial charge in [0, 0.05) is 34.4 Å². The number of benzene rings is 6. The molecule has 1 atom stereocenters. The van der Waals surface area contributed by atoms with Crippen LogP contribution in [0.1, 0.15) is 51.2 Å². The zero-order chi connectivity index (χ0) is 57.9. The van der Waals surface area contributed by atoms with Crippen molar-refractivity contribution < 1.29 is 82.1 Å². The van der Waals surface area contributed by atoms with Gasteiger partial charge >= 0.3 is 29.8 Å². The second-order valence-corrected chi connectivity index (χ2v) is 16.8. The predicted octanol–water partition coefficient (Wildman–Crippen LogP) is 10.1. The van der Waals surface area contributed by atoms with E-state index >= 15 is 0 Å². The first kappa shape index (κ1) is 57.9. The number of Topliss-reactive ketones (excluding diaryl/α,β-unsaturated/α-hetero) is 2. The van der Waals surface area contributed by atoms with E-state index in [0.717, 1.165) is 12.1 Å². The van der Waals surface area contributed by atoms with Crippen LogP contribution in [0.3, 0.4) is 0 Å². The molecule has 2 aliphatic heterocycles. The molecular weight excluding hydrogens is 1070 g/mol. The number of nitrogens with two attached hydrogens (primary N) is 1. The Kier molecular flexibility index (Phi) is 18.2. The zero-order valence-electron chi connectivity index (χ0n) is 41.3. The number of halogens is 8. The summed E-state index contributed by atoms with van der Waals surface area (Å²) in [6.07, 6.45) is -8.88. The summed E-state index contributed by atoms with van der Waals surface area (Å²) in [5.74, 6) is -4.38. The average Bonchev–Trinajstić information content (AvgIpc) is 4.32. The van der Waals surface area contributed by atoms with E-state index in [-0.39, 0.29) is 80.5 Å². The highest BCUT2D eigenvalue weighted by molar-refractivity contribution is 6.38. The number of oxazole rings is 2. The number of para-hydroxylation sites is 2.